The van der Waals surface area contributed by atoms with Crippen LogP contribution >= 0.6 is 0 Å². The van der Waals surface area contributed by atoms with Gasteiger partial charge in [0, 0.05) is 44.3 Å². The second kappa shape index (κ2) is 13.9. The number of hydrogen-bond acceptors (Lipinski definition) is 6. The van der Waals surface area contributed by atoms with Crippen molar-refractivity contribution in [1.29, 1.82) is 0 Å². The summed E-state index contributed by atoms with van der Waals surface area (Å²) in [6.07, 6.45) is 4.22. The molecule has 3 aromatic rings. The summed E-state index contributed by atoms with van der Waals surface area (Å²) in [6, 6.07) is 12.2. The number of fused-ring (bicyclic) bond motifs is 1. The van der Waals surface area contributed by atoms with Gasteiger partial charge in [-0.1, -0.05) is 40.7 Å². The Balaban J connectivity index is 1.61. The predicted octanol–water partition coefficient (Wildman–Crippen LogP) is 5.45. The lowest BCUT2D eigenvalue weighted by atomic mass is 10.0. The number of rotatable bonds is 12. The first kappa shape index (κ1) is 31.1. The van der Waals surface area contributed by atoms with Gasteiger partial charge in [0.05, 0.1) is 27.4 Å². The van der Waals surface area contributed by atoms with Crippen molar-refractivity contribution in [3.63, 3.8) is 0 Å². The van der Waals surface area contributed by atoms with E-state index in [9.17, 15) is 13.2 Å². The molecule has 9 heteroatoms. The first-order valence-electron chi connectivity index (χ1n) is 14.9. The van der Waals surface area contributed by atoms with Crippen LogP contribution in [0.25, 0.3) is 22.3 Å². The van der Waals surface area contributed by atoms with Crippen molar-refractivity contribution in [1.82, 2.24) is 24.5 Å². The first-order valence-corrected chi connectivity index (χ1v) is 16.4. The smallest absolute Gasteiger partial charge is 0.252 e. The molecule has 41 heavy (non-hydrogen) atoms. The number of nitrogens with one attached hydrogen (secondary N) is 1. The van der Waals surface area contributed by atoms with E-state index >= 15 is 0 Å². The van der Waals surface area contributed by atoms with E-state index in [2.05, 4.69) is 49.8 Å². The largest absolute Gasteiger partial charge is 0.352 e. The molecule has 1 amide bonds. The van der Waals surface area contributed by atoms with Crippen molar-refractivity contribution in [3.8, 4) is 11.4 Å². The molecule has 0 bridgehead atoms. The van der Waals surface area contributed by atoms with Crippen LogP contribution in [0.4, 0.5) is 0 Å². The maximum atomic E-state index is 13.6. The van der Waals surface area contributed by atoms with Gasteiger partial charge in [0.25, 0.3) is 5.91 Å². The van der Waals surface area contributed by atoms with Gasteiger partial charge in [-0.25, -0.2) is 13.4 Å². The zero-order valence-corrected chi connectivity index (χ0v) is 26.0. The van der Waals surface area contributed by atoms with Gasteiger partial charge in [-0.2, -0.15) is 4.31 Å². The van der Waals surface area contributed by atoms with Gasteiger partial charge in [0.2, 0.25) is 10.0 Å². The fraction of sp³-hybridized carbons (Fsp3) is 0.531. The molecule has 0 atom stereocenters. The Morgan fingerprint density at radius 3 is 2.37 bits per heavy atom. The third-order valence-corrected chi connectivity index (χ3v) is 9.41. The molecule has 8 nitrogen and oxygen atoms in total. The van der Waals surface area contributed by atoms with Crippen molar-refractivity contribution in [2.45, 2.75) is 58.8 Å². The van der Waals surface area contributed by atoms with Gasteiger partial charge in [-0.05, 0) is 80.0 Å². The average Bonchev–Trinajstić information content (AvgIpc) is 2.94. The summed E-state index contributed by atoms with van der Waals surface area (Å²) in [4.78, 5) is 25.4. The molecule has 0 unspecified atom stereocenters. The van der Waals surface area contributed by atoms with Gasteiger partial charge in [-0.15, -0.1) is 0 Å². The molecule has 2 aromatic heterocycles. The van der Waals surface area contributed by atoms with Gasteiger partial charge < -0.3 is 10.2 Å². The average molecular weight is 580 g/mol. The molecule has 1 N–H and O–H groups in total. The maximum Gasteiger partial charge on any atom is 0.252 e. The summed E-state index contributed by atoms with van der Waals surface area (Å²) in [5.74, 6) is 1.44. The van der Waals surface area contributed by atoms with E-state index in [1.807, 2.05) is 18.2 Å². The molecule has 1 saturated heterocycles. The Morgan fingerprint density at radius 1 is 1.02 bits per heavy atom. The summed E-state index contributed by atoms with van der Waals surface area (Å²) in [7, 11) is -3.68. The number of carbonyl (C=O) groups is 1. The van der Waals surface area contributed by atoms with Gasteiger partial charge >= 0.3 is 0 Å². The number of amides is 1. The van der Waals surface area contributed by atoms with Crippen molar-refractivity contribution in [2.24, 2.45) is 17.8 Å². The fourth-order valence-electron chi connectivity index (χ4n) is 5.46. The van der Waals surface area contributed by atoms with Crippen molar-refractivity contribution >= 4 is 26.8 Å². The fourth-order valence-corrected chi connectivity index (χ4v) is 6.96. The lowest BCUT2D eigenvalue weighted by molar-refractivity contribution is 0.0952. The SMILES string of the molecule is CC(C)CN(CCCNC(=O)c1cc(-c2ccccn2)nc2ccc(S(=O)(=O)N3CCC(C)CC3)cc12)CC(C)C. The zero-order chi connectivity index (χ0) is 29.6. The third-order valence-electron chi connectivity index (χ3n) is 7.52. The van der Waals surface area contributed by atoms with E-state index in [0.717, 1.165) is 38.9 Å². The number of benzene rings is 1. The highest BCUT2D eigenvalue weighted by molar-refractivity contribution is 7.89. The molecule has 0 spiro atoms. The molecular formula is C32H45N5O3S. The quantitative estimate of drug-likeness (QED) is 0.287. The molecule has 4 rings (SSSR count). The van der Waals surface area contributed by atoms with Crippen LogP contribution in [-0.4, -0.2) is 72.8 Å². The number of pyridine rings is 2. The minimum Gasteiger partial charge on any atom is -0.352 e. The number of hydrogen-bond donors (Lipinski definition) is 1. The molecular weight excluding hydrogens is 534 g/mol. The summed E-state index contributed by atoms with van der Waals surface area (Å²) in [5, 5.41) is 3.61. The molecule has 0 aliphatic carbocycles. The summed E-state index contributed by atoms with van der Waals surface area (Å²) in [6.45, 7) is 15.6. The molecule has 1 aliphatic rings. The number of sulfonamides is 1. The van der Waals surface area contributed by atoms with Crippen molar-refractivity contribution < 1.29 is 13.2 Å². The lowest BCUT2D eigenvalue weighted by Crippen LogP contribution is -2.37. The second-order valence-corrected chi connectivity index (χ2v) is 14.1. The number of piperidine rings is 1. The Hall–Kier alpha value is -2.88. The monoisotopic (exact) mass is 579 g/mol. The molecule has 3 heterocycles. The van der Waals surface area contributed by atoms with Gasteiger partial charge in [0.1, 0.15) is 0 Å². The molecule has 1 fully saturated rings. The zero-order valence-electron chi connectivity index (χ0n) is 25.1. The Labute approximate surface area is 245 Å². The Bertz CT molecular complexity index is 1410. The van der Waals surface area contributed by atoms with Gasteiger partial charge in [0.15, 0.2) is 0 Å². The summed E-state index contributed by atoms with van der Waals surface area (Å²) in [5.41, 5.74) is 2.19. The predicted molar refractivity (Wildman–Crippen MR) is 165 cm³/mol. The third kappa shape index (κ3) is 8.11. The topological polar surface area (TPSA) is 95.5 Å². The summed E-state index contributed by atoms with van der Waals surface area (Å²) >= 11 is 0. The number of aromatic nitrogens is 2. The molecule has 222 valence electrons. The molecule has 0 radical (unpaired) electrons. The van der Waals surface area contributed by atoms with Crippen molar-refractivity contribution in [2.75, 3.05) is 39.3 Å². The number of carbonyl (C=O) groups excluding carboxylic acids is 1. The standard InChI is InChI=1S/C32H45N5O3S/c1-23(2)21-36(22-24(3)4)16-8-15-34-32(38)28-20-31(30-9-6-7-14-33-30)35-29-11-10-26(19-27(28)29)41(39,40)37-17-12-25(5)13-18-37/h6-7,9-11,14,19-20,23-25H,8,12-13,15-18,21-22H2,1-5H3,(H,34,38). The molecule has 1 aromatic carbocycles. The highest BCUT2D eigenvalue weighted by Crippen LogP contribution is 2.29. The lowest BCUT2D eigenvalue weighted by Gasteiger charge is -2.29. The van der Waals surface area contributed by atoms with Crippen LogP contribution in [0.15, 0.2) is 53.6 Å². The van der Waals surface area contributed by atoms with E-state index in [1.165, 1.54) is 0 Å². The Morgan fingerprint density at radius 2 is 1.73 bits per heavy atom. The first-order chi connectivity index (χ1) is 19.5. The second-order valence-electron chi connectivity index (χ2n) is 12.2. The van der Waals surface area contributed by atoms with Gasteiger partial charge in [-0.3, -0.25) is 9.78 Å². The highest BCUT2D eigenvalue weighted by Gasteiger charge is 2.29. The highest BCUT2D eigenvalue weighted by atomic mass is 32.2. The van der Waals surface area contributed by atoms with Crippen LogP contribution in [0.1, 0.15) is 64.2 Å². The molecule has 0 saturated carbocycles. The minimum atomic E-state index is -3.68. The van der Waals surface area contributed by atoms with Crippen LogP contribution in [0.5, 0.6) is 0 Å². The van der Waals surface area contributed by atoms with Crippen LogP contribution in [0, 0.1) is 17.8 Å². The van der Waals surface area contributed by atoms with E-state index < -0.39 is 10.0 Å². The van der Waals surface area contributed by atoms with Crippen LogP contribution in [0.3, 0.4) is 0 Å². The van der Waals surface area contributed by atoms with E-state index in [1.54, 1.807) is 34.8 Å². The molecule has 1 aliphatic heterocycles. The van der Waals surface area contributed by atoms with E-state index in [0.29, 0.717) is 65.2 Å². The Kier molecular flexibility index (Phi) is 10.5. The minimum absolute atomic E-state index is 0.194. The van der Waals surface area contributed by atoms with Crippen LogP contribution in [-0.2, 0) is 10.0 Å². The number of nitrogens with zero attached hydrogens (tertiary/aromatic N) is 4. The normalized spacial score (nSPS) is 15.3. The van der Waals surface area contributed by atoms with E-state index in [4.69, 9.17) is 4.98 Å². The van der Waals surface area contributed by atoms with Crippen LogP contribution < -0.4 is 5.32 Å². The maximum absolute atomic E-state index is 13.6. The summed E-state index contributed by atoms with van der Waals surface area (Å²) < 4.78 is 28.6. The van der Waals surface area contributed by atoms with E-state index in [-0.39, 0.29) is 10.8 Å². The van der Waals surface area contributed by atoms with Crippen LogP contribution in [0.2, 0.25) is 0 Å². The van der Waals surface area contributed by atoms with Crippen molar-refractivity contribution in [3.05, 3.63) is 54.2 Å².